The number of hydrogen-bond acceptors (Lipinski definition) is 10. The number of nitrogens with one attached hydrogen (secondary N) is 1. The number of nitrogens with zero attached hydrogens (tertiary/aromatic N) is 5. The summed E-state index contributed by atoms with van der Waals surface area (Å²) in [6, 6.07) is 3.67. The van der Waals surface area contributed by atoms with Crippen LogP contribution in [0.25, 0.3) is 10.6 Å². The van der Waals surface area contributed by atoms with Gasteiger partial charge in [0.1, 0.15) is 5.69 Å². The summed E-state index contributed by atoms with van der Waals surface area (Å²) in [6.07, 6.45) is 10.0. The van der Waals surface area contributed by atoms with E-state index in [4.69, 9.17) is 15.5 Å². The second-order valence-electron chi connectivity index (χ2n) is 10.0. The molecule has 0 unspecified atom stereocenters. The fourth-order valence-electron chi connectivity index (χ4n) is 4.95. The first kappa shape index (κ1) is 27.4. The highest BCUT2D eigenvalue weighted by Crippen LogP contribution is 2.41. The number of anilines is 1. The predicted octanol–water partition coefficient (Wildman–Crippen LogP) is 3.40. The topological polar surface area (TPSA) is 153 Å². The number of sulfonamides is 1. The molecule has 0 spiro atoms. The summed E-state index contributed by atoms with van der Waals surface area (Å²) < 4.78 is 33.6. The highest BCUT2D eigenvalue weighted by molar-refractivity contribution is 7.93. The maximum Gasteiger partial charge on any atom is 0.277 e. The normalized spacial score (nSPS) is 19.0. The van der Waals surface area contributed by atoms with Crippen molar-refractivity contribution in [2.45, 2.75) is 62.7 Å². The largest absolute Gasteiger partial charge is 0.477 e. The molecule has 0 bridgehead atoms. The minimum Gasteiger partial charge on any atom is -0.477 e. The molecule has 13 heteroatoms. The second-order valence-corrected chi connectivity index (χ2v) is 13.0. The van der Waals surface area contributed by atoms with Crippen LogP contribution < -0.4 is 15.2 Å². The zero-order valence-electron chi connectivity index (χ0n) is 22.0. The minimum absolute atomic E-state index is 0.163. The Kier molecular flexibility index (Phi) is 8.10. The molecule has 1 aliphatic carbocycles. The number of piperidine rings is 1. The molecule has 3 N–H and O–H groups in total. The van der Waals surface area contributed by atoms with Crippen molar-refractivity contribution in [1.29, 1.82) is 0 Å². The first-order chi connectivity index (χ1) is 18.7. The van der Waals surface area contributed by atoms with Gasteiger partial charge in [0.25, 0.3) is 5.91 Å². The van der Waals surface area contributed by atoms with Gasteiger partial charge in [0.15, 0.2) is 5.01 Å². The van der Waals surface area contributed by atoms with E-state index in [0.29, 0.717) is 59.4 Å². The molecule has 1 aliphatic heterocycles. The fourth-order valence-corrected chi connectivity index (χ4v) is 7.26. The number of carbonyl (C=O) groups excluding carboxylic acids is 1. The molecule has 0 aromatic carbocycles. The van der Waals surface area contributed by atoms with Crippen LogP contribution in [-0.2, 0) is 10.0 Å². The van der Waals surface area contributed by atoms with Gasteiger partial charge in [0.05, 0.1) is 46.2 Å². The number of hydrogen-bond donors (Lipinski definition) is 2. The highest BCUT2D eigenvalue weighted by Gasteiger charge is 2.36. The third kappa shape index (κ3) is 6.36. The lowest BCUT2D eigenvalue weighted by molar-refractivity contribution is 0.0999. The van der Waals surface area contributed by atoms with Crippen LogP contribution in [0.4, 0.5) is 5.69 Å². The van der Waals surface area contributed by atoms with Gasteiger partial charge in [-0.25, -0.2) is 18.4 Å². The van der Waals surface area contributed by atoms with Crippen LogP contribution in [0.1, 0.15) is 72.6 Å². The molecule has 1 amide bonds. The van der Waals surface area contributed by atoms with Crippen molar-refractivity contribution < 1.29 is 17.9 Å². The number of primary amides is 1. The predicted molar refractivity (Wildman–Crippen MR) is 149 cm³/mol. The summed E-state index contributed by atoms with van der Waals surface area (Å²) in [5.41, 5.74) is 7.92. The second kappa shape index (κ2) is 11.5. The van der Waals surface area contributed by atoms with Gasteiger partial charge < -0.3 is 15.4 Å². The lowest BCUT2D eigenvalue weighted by Crippen LogP contribution is -2.37. The Balaban J connectivity index is 1.60. The molecule has 4 heterocycles. The van der Waals surface area contributed by atoms with E-state index >= 15 is 0 Å². The maximum atomic E-state index is 12.6. The number of likely N-dealkylation sites (tertiary alicyclic amines) is 1. The molecular formula is C26H33N7O4S2. The SMILES string of the molecule is CCOc1cncc(-c2sc(C(N)=O)nc2[C@@H](C[C@H]2CCCCN2C)c2cc(NS(=O)(=O)C3CC3)ccn2)n1. The Bertz CT molecular complexity index is 1440. The standard InChI is InChI=1S/C26H33N7O4S2/c1-3-37-22-15-28-14-21(30-22)24-23(31-26(38-24)25(27)34)19(13-17-6-4-5-11-33(17)2)20-12-16(9-10-29-20)32-39(35,36)18-7-8-18/h9-10,12,14-15,17-19H,3-8,11,13H2,1-2H3,(H2,27,34)(H,29,32)/t17-,19+/m1/s1. The van der Waals surface area contributed by atoms with Crippen molar-refractivity contribution in [3.63, 3.8) is 0 Å². The van der Waals surface area contributed by atoms with Gasteiger partial charge in [0, 0.05) is 18.2 Å². The van der Waals surface area contributed by atoms with Crippen LogP contribution >= 0.6 is 11.3 Å². The average Bonchev–Trinajstić information content (AvgIpc) is 3.68. The smallest absolute Gasteiger partial charge is 0.277 e. The molecule has 2 aliphatic rings. The van der Waals surface area contributed by atoms with Crippen LogP contribution in [0, 0.1) is 0 Å². The van der Waals surface area contributed by atoms with Crippen molar-refractivity contribution in [2.24, 2.45) is 5.73 Å². The van der Waals surface area contributed by atoms with Crippen LogP contribution in [-0.4, -0.2) is 70.7 Å². The number of ether oxygens (including phenoxy) is 1. The number of carbonyl (C=O) groups is 1. The molecule has 1 saturated heterocycles. The van der Waals surface area contributed by atoms with Crippen molar-refractivity contribution in [3.05, 3.63) is 47.1 Å². The van der Waals surface area contributed by atoms with E-state index in [0.717, 1.165) is 37.1 Å². The molecule has 3 aromatic heterocycles. The molecule has 5 rings (SSSR count). The van der Waals surface area contributed by atoms with Crippen LogP contribution in [0.5, 0.6) is 5.88 Å². The lowest BCUT2D eigenvalue weighted by atomic mass is 9.87. The Hall–Kier alpha value is -3.16. The van der Waals surface area contributed by atoms with Gasteiger partial charge in [-0.1, -0.05) is 6.42 Å². The maximum absolute atomic E-state index is 12.6. The van der Waals surface area contributed by atoms with Gasteiger partial charge in [-0.05, 0) is 64.8 Å². The van der Waals surface area contributed by atoms with E-state index in [-0.39, 0.29) is 22.2 Å². The van der Waals surface area contributed by atoms with Gasteiger partial charge in [-0.2, -0.15) is 0 Å². The van der Waals surface area contributed by atoms with Crippen molar-refractivity contribution in [3.8, 4) is 16.5 Å². The van der Waals surface area contributed by atoms with Crippen molar-refractivity contribution in [1.82, 2.24) is 24.8 Å². The number of amides is 1. The van der Waals surface area contributed by atoms with Gasteiger partial charge >= 0.3 is 0 Å². The Labute approximate surface area is 232 Å². The van der Waals surface area contributed by atoms with Crippen LogP contribution in [0.15, 0.2) is 30.7 Å². The van der Waals surface area contributed by atoms with Crippen molar-refractivity contribution >= 4 is 33.0 Å². The van der Waals surface area contributed by atoms with E-state index < -0.39 is 15.9 Å². The Morgan fingerprint density at radius 3 is 2.79 bits per heavy atom. The van der Waals surface area contributed by atoms with E-state index in [2.05, 4.69) is 31.6 Å². The molecule has 208 valence electrons. The van der Waals surface area contributed by atoms with E-state index in [9.17, 15) is 13.2 Å². The zero-order valence-corrected chi connectivity index (χ0v) is 23.7. The summed E-state index contributed by atoms with van der Waals surface area (Å²) >= 11 is 1.16. The van der Waals surface area contributed by atoms with E-state index in [1.807, 2.05) is 6.92 Å². The van der Waals surface area contributed by atoms with Crippen LogP contribution in [0.2, 0.25) is 0 Å². The summed E-state index contributed by atoms with van der Waals surface area (Å²) in [7, 11) is -1.33. The van der Waals surface area contributed by atoms with E-state index in [1.54, 1.807) is 24.5 Å². The Morgan fingerprint density at radius 1 is 1.26 bits per heavy atom. The zero-order chi connectivity index (χ0) is 27.6. The summed E-state index contributed by atoms with van der Waals surface area (Å²) in [5.74, 6) is -0.611. The average molecular weight is 572 g/mol. The van der Waals surface area contributed by atoms with Gasteiger partial charge in [-0.15, -0.1) is 11.3 Å². The molecule has 2 atom stereocenters. The first-order valence-electron chi connectivity index (χ1n) is 13.2. The number of nitrogens with two attached hydrogens (primary N) is 1. The molecule has 1 saturated carbocycles. The number of rotatable bonds is 11. The minimum atomic E-state index is -3.44. The monoisotopic (exact) mass is 571 g/mol. The molecular weight excluding hydrogens is 538 g/mol. The summed E-state index contributed by atoms with van der Waals surface area (Å²) in [6.45, 7) is 3.29. The quantitative estimate of drug-likeness (QED) is 0.352. The molecule has 3 aromatic rings. The molecule has 2 fully saturated rings. The van der Waals surface area contributed by atoms with Gasteiger partial charge in [-0.3, -0.25) is 19.5 Å². The van der Waals surface area contributed by atoms with Crippen LogP contribution in [0.3, 0.4) is 0 Å². The number of thiazole rings is 1. The number of pyridine rings is 1. The molecule has 11 nitrogen and oxygen atoms in total. The summed E-state index contributed by atoms with van der Waals surface area (Å²) in [4.78, 5) is 33.5. The Morgan fingerprint density at radius 2 is 2.08 bits per heavy atom. The highest BCUT2D eigenvalue weighted by atomic mass is 32.2. The van der Waals surface area contributed by atoms with Crippen molar-refractivity contribution in [2.75, 3.05) is 24.9 Å². The third-order valence-electron chi connectivity index (χ3n) is 7.12. The first-order valence-corrected chi connectivity index (χ1v) is 15.5. The fraction of sp³-hybridized carbons (Fsp3) is 0.500. The van der Waals surface area contributed by atoms with Gasteiger partial charge in [0.2, 0.25) is 15.9 Å². The molecule has 39 heavy (non-hydrogen) atoms. The lowest BCUT2D eigenvalue weighted by Gasteiger charge is -2.34. The third-order valence-corrected chi connectivity index (χ3v) is 10.1. The number of aromatic nitrogens is 4. The van der Waals surface area contributed by atoms with E-state index in [1.165, 1.54) is 6.20 Å². The molecule has 0 radical (unpaired) electrons. The summed E-state index contributed by atoms with van der Waals surface area (Å²) in [5, 5.41) is -0.184.